The number of anilines is 3. The van der Waals surface area contributed by atoms with Crippen LogP contribution in [0.3, 0.4) is 0 Å². The average molecular weight is 321 g/mol. The Labute approximate surface area is 130 Å². The highest BCUT2D eigenvalue weighted by Crippen LogP contribution is 2.35. The minimum Gasteiger partial charge on any atom is -0.351 e. The molecular weight excluding hydrogens is 308 g/mol. The summed E-state index contributed by atoms with van der Waals surface area (Å²) >= 11 is 0. The number of hydrogen-bond donors (Lipinski definition) is 1. The van der Waals surface area contributed by atoms with Gasteiger partial charge in [0.2, 0.25) is 11.6 Å². The highest BCUT2D eigenvalue weighted by atomic mass is 19.1. The van der Waals surface area contributed by atoms with E-state index in [4.69, 9.17) is 0 Å². The van der Waals surface area contributed by atoms with Gasteiger partial charge in [-0.2, -0.15) is 0 Å². The largest absolute Gasteiger partial charge is 0.353 e. The molecule has 1 aliphatic rings. The molecule has 1 N–H and O–H groups in total. The third-order valence-electron chi connectivity index (χ3n) is 3.57. The molecule has 7 nitrogen and oxygen atoms in total. The van der Waals surface area contributed by atoms with Gasteiger partial charge in [0.25, 0.3) is 0 Å². The Balaban J connectivity index is 2.03. The third kappa shape index (κ3) is 3.03. The fourth-order valence-corrected chi connectivity index (χ4v) is 2.51. The van der Waals surface area contributed by atoms with Crippen LogP contribution in [0.5, 0.6) is 0 Å². The lowest BCUT2D eigenvalue weighted by atomic mass is 10.3. The summed E-state index contributed by atoms with van der Waals surface area (Å²) in [6.45, 7) is 1.32. The number of hydrogen-bond acceptors (Lipinski definition) is 6. The van der Waals surface area contributed by atoms with Gasteiger partial charge in [-0.3, -0.25) is 10.1 Å². The number of aromatic nitrogens is 2. The maximum Gasteiger partial charge on any atom is 0.353 e. The Morgan fingerprint density at radius 1 is 1.22 bits per heavy atom. The average Bonchev–Trinajstić information content (AvgIpc) is 3.04. The summed E-state index contributed by atoms with van der Waals surface area (Å²) in [5.41, 5.74) is -0.572. The van der Waals surface area contributed by atoms with Gasteiger partial charge in [-0.25, -0.2) is 18.7 Å². The second-order valence-electron chi connectivity index (χ2n) is 5.09. The summed E-state index contributed by atoms with van der Waals surface area (Å²) < 4.78 is 27.0. The van der Waals surface area contributed by atoms with Crippen LogP contribution in [0.4, 0.5) is 31.8 Å². The molecule has 2 heterocycles. The number of halogens is 2. The molecule has 9 heteroatoms. The van der Waals surface area contributed by atoms with Crippen LogP contribution in [0.25, 0.3) is 0 Å². The summed E-state index contributed by atoms with van der Waals surface area (Å²) in [5.74, 6) is -1.38. The van der Waals surface area contributed by atoms with E-state index in [0.29, 0.717) is 13.1 Å². The molecule has 1 fully saturated rings. The van der Waals surface area contributed by atoms with Gasteiger partial charge >= 0.3 is 5.69 Å². The molecule has 0 bridgehead atoms. The van der Waals surface area contributed by atoms with Crippen molar-refractivity contribution < 1.29 is 13.7 Å². The number of benzene rings is 1. The highest BCUT2D eigenvalue weighted by Gasteiger charge is 2.29. The molecule has 0 saturated carbocycles. The lowest BCUT2D eigenvalue weighted by molar-refractivity contribution is -0.383. The summed E-state index contributed by atoms with van der Waals surface area (Å²) in [6, 6.07) is 2.81. The molecule has 0 radical (unpaired) electrons. The Bertz CT molecular complexity index is 750. The molecule has 0 atom stereocenters. The normalized spacial score (nSPS) is 14.1. The summed E-state index contributed by atoms with van der Waals surface area (Å²) in [5, 5.41) is 13.9. The van der Waals surface area contributed by atoms with Gasteiger partial charge in [-0.05, 0) is 25.0 Å². The maximum absolute atomic E-state index is 13.7. The van der Waals surface area contributed by atoms with Crippen molar-refractivity contribution in [2.45, 2.75) is 12.8 Å². The van der Waals surface area contributed by atoms with Crippen LogP contribution in [0.15, 0.2) is 24.5 Å². The molecular formula is C14H13F2N5O2. The fraction of sp³-hybridized carbons (Fsp3) is 0.286. The second kappa shape index (κ2) is 6.11. The summed E-state index contributed by atoms with van der Waals surface area (Å²) in [4.78, 5) is 20.4. The van der Waals surface area contributed by atoms with Crippen molar-refractivity contribution in [3.05, 3.63) is 46.3 Å². The van der Waals surface area contributed by atoms with Gasteiger partial charge in [-0.15, -0.1) is 0 Å². The van der Waals surface area contributed by atoms with Crippen molar-refractivity contribution in [1.82, 2.24) is 9.97 Å². The van der Waals surface area contributed by atoms with Crippen LogP contribution in [0.1, 0.15) is 12.8 Å². The van der Waals surface area contributed by atoms with Crippen molar-refractivity contribution in [3.63, 3.8) is 0 Å². The molecule has 1 saturated heterocycles. The first-order chi connectivity index (χ1) is 11.1. The minimum atomic E-state index is -0.734. The Hall–Kier alpha value is -2.84. The van der Waals surface area contributed by atoms with Gasteiger partial charge in [0.15, 0.2) is 0 Å². The van der Waals surface area contributed by atoms with Crippen LogP contribution in [-0.4, -0.2) is 28.0 Å². The standard InChI is InChI=1S/C14H13F2N5O2/c15-9-3-4-10(16)11(7-9)19-13-12(21(22)23)14(18-8-17-13)20-5-1-2-6-20/h3-4,7-8H,1-2,5-6H2,(H,17,18,19). The van der Waals surface area contributed by atoms with Gasteiger partial charge in [0, 0.05) is 19.2 Å². The van der Waals surface area contributed by atoms with Crippen molar-refractivity contribution >= 4 is 23.0 Å². The van der Waals surface area contributed by atoms with Gasteiger partial charge in [0.1, 0.15) is 18.0 Å². The van der Waals surface area contributed by atoms with E-state index in [1.807, 2.05) is 0 Å². The topological polar surface area (TPSA) is 84.2 Å². The predicted molar refractivity (Wildman–Crippen MR) is 79.8 cm³/mol. The molecule has 1 aromatic carbocycles. The van der Waals surface area contributed by atoms with Crippen LogP contribution >= 0.6 is 0 Å². The maximum atomic E-state index is 13.7. The third-order valence-corrected chi connectivity index (χ3v) is 3.57. The van der Waals surface area contributed by atoms with Crippen LogP contribution in [-0.2, 0) is 0 Å². The molecule has 1 aromatic heterocycles. The quantitative estimate of drug-likeness (QED) is 0.688. The SMILES string of the molecule is O=[N+]([O-])c1c(Nc2cc(F)ccc2F)ncnc1N1CCCC1. The fourth-order valence-electron chi connectivity index (χ4n) is 2.51. The van der Waals surface area contributed by atoms with Gasteiger partial charge in [-0.1, -0.05) is 0 Å². The Morgan fingerprint density at radius 3 is 2.65 bits per heavy atom. The van der Waals surface area contributed by atoms with E-state index in [9.17, 15) is 18.9 Å². The predicted octanol–water partition coefficient (Wildman–Crippen LogP) is 3.01. The first kappa shape index (κ1) is 15.1. The van der Waals surface area contributed by atoms with E-state index in [1.165, 1.54) is 6.33 Å². The Kier molecular flexibility index (Phi) is 4.00. The summed E-state index contributed by atoms with van der Waals surface area (Å²) in [7, 11) is 0. The van der Waals surface area contributed by atoms with E-state index < -0.39 is 16.6 Å². The molecule has 0 amide bonds. The van der Waals surface area contributed by atoms with Gasteiger partial charge in [0.05, 0.1) is 10.6 Å². The van der Waals surface area contributed by atoms with E-state index in [1.54, 1.807) is 4.90 Å². The lowest BCUT2D eigenvalue weighted by Crippen LogP contribution is -2.21. The van der Waals surface area contributed by atoms with Crippen LogP contribution in [0, 0.1) is 21.7 Å². The molecule has 120 valence electrons. The van der Waals surface area contributed by atoms with Gasteiger partial charge < -0.3 is 10.2 Å². The highest BCUT2D eigenvalue weighted by molar-refractivity contribution is 5.74. The molecule has 0 aliphatic carbocycles. The molecule has 1 aliphatic heterocycles. The second-order valence-corrected chi connectivity index (χ2v) is 5.09. The molecule has 2 aromatic rings. The summed E-state index contributed by atoms with van der Waals surface area (Å²) in [6.07, 6.45) is 3.01. The van der Waals surface area contributed by atoms with Crippen molar-refractivity contribution in [2.24, 2.45) is 0 Å². The van der Waals surface area contributed by atoms with E-state index in [0.717, 1.165) is 31.0 Å². The smallest absolute Gasteiger partial charge is 0.351 e. The zero-order valence-corrected chi connectivity index (χ0v) is 12.0. The number of nitrogens with zero attached hydrogens (tertiary/aromatic N) is 4. The number of nitro groups is 1. The van der Waals surface area contributed by atoms with Crippen molar-refractivity contribution in [3.8, 4) is 0 Å². The monoisotopic (exact) mass is 321 g/mol. The molecule has 0 spiro atoms. The molecule has 3 rings (SSSR count). The zero-order chi connectivity index (χ0) is 16.4. The van der Waals surface area contributed by atoms with Crippen molar-refractivity contribution in [2.75, 3.05) is 23.3 Å². The number of nitrogens with one attached hydrogen (secondary N) is 1. The Morgan fingerprint density at radius 2 is 1.96 bits per heavy atom. The minimum absolute atomic E-state index is 0.170. The molecule has 0 unspecified atom stereocenters. The van der Waals surface area contributed by atoms with E-state index in [2.05, 4.69) is 15.3 Å². The van der Waals surface area contributed by atoms with Crippen molar-refractivity contribution in [1.29, 1.82) is 0 Å². The first-order valence-corrected chi connectivity index (χ1v) is 7.02. The first-order valence-electron chi connectivity index (χ1n) is 7.02. The van der Waals surface area contributed by atoms with Crippen LogP contribution in [0.2, 0.25) is 0 Å². The zero-order valence-electron chi connectivity index (χ0n) is 12.0. The van der Waals surface area contributed by atoms with E-state index in [-0.39, 0.29) is 23.0 Å². The number of rotatable bonds is 4. The molecule has 23 heavy (non-hydrogen) atoms. The van der Waals surface area contributed by atoms with Crippen LogP contribution < -0.4 is 10.2 Å². The van der Waals surface area contributed by atoms with E-state index >= 15 is 0 Å². The lowest BCUT2D eigenvalue weighted by Gasteiger charge is -2.17.